The van der Waals surface area contributed by atoms with Crippen LogP contribution in [0.15, 0.2) is 77.8 Å². The van der Waals surface area contributed by atoms with E-state index < -0.39 is 10.8 Å². The van der Waals surface area contributed by atoms with E-state index in [-0.39, 0.29) is 24.3 Å². The Hall–Kier alpha value is -3.66. The molecule has 2 saturated heterocycles. The summed E-state index contributed by atoms with van der Waals surface area (Å²) in [6, 6.07) is 20.4. The van der Waals surface area contributed by atoms with Gasteiger partial charge in [0.05, 0.1) is 12.5 Å². The minimum atomic E-state index is -1.18. The SMILES string of the molecule is CNC(=O)N1CCN(C(=O)[C@]2(Sc3ccc(C)cc3)CC(=O)N(Cc3ccc(Cl)cc3)[C@H]2c2c[nH]c3cc(Cl)ccc23)CC1. The Kier molecular flexibility index (Phi) is 8.55. The summed E-state index contributed by atoms with van der Waals surface area (Å²) in [6.45, 7) is 3.92. The van der Waals surface area contributed by atoms with Crippen molar-refractivity contribution in [1.82, 2.24) is 25.0 Å². The van der Waals surface area contributed by atoms with Crippen LogP contribution in [0, 0.1) is 6.92 Å². The Morgan fingerprint density at radius 2 is 1.61 bits per heavy atom. The molecule has 0 unspecified atom stereocenters. The van der Waals surface area contributed by atoms with Gasteiger partial charge in [0.2, 0.25) is 11.8 Å². The predicted molar refractivity (Wildman–Crippen MR) is 175 cm³/mol. The van der Waals surface area contributed by atoms with Gasteiger partial charge in [0.1, 0.15) is 4.75 Å². The number of likely N-dealkylation sites (tertiary alicyclic amines) is 1. The first kappa shape index (κ1) is 30.4. The Bertz CT molecular complexity index is 1700. The van der Waals surface area contributed by atoms with E-state index in [1.54, 1.807) is 11.9 Å². The second-order valence-corrected chi connectivity index (χ2v) is 13.6. The van der Waals surface area contributed by atoms with Crippen LogP contribution in [0.3, 0.4) is 0 Å². The molecule has 6 rings (SSSR count). The second kappa shape index (κ2) is 12.4. The first-order valence-electron chi connectivity index (χ1n) is 14.5. The third-order valence-electron chi connectivity index (χ3n) is 8.48. The number of H-pyrrole nitrogens is 1. The molecular formula is C33H33Cl2N5O3S. The van der Waals surface area contributed by atoms with E-state index in [0.29, 0.717) is 42.8 Å². The van der Waals surface area contributed by atoms with Crippen molar-refractivity contribution in [2.75, 3.05) is 33.2 Å². The highest BCUT2D eigenvalue weighted by atomic mass is 35.5. The summed E-state index contributed by atoms with van der Waals surface area (Å²) >= 11 is 14.0. The van der Waals surface area contributed by atoms with Gasteiger partial charge in [-0.1, -0.05) is 59.1 Å². The lowest BCUT2D eigenvalue weighted by Crippen LogP contribution is -2.57. The minimum absolute atomic E-state index is 0.0263. The van der Waals surface area contributed by atoms with Gasteiger partial charge < -0.3 is 25.0 Å². The summed E-state index contributed by atoms with van der Waals surface area (Å²) < 4.78 is -1.18. The van der Waals surface area contributed by atoms with E-state index in [4.69, 9.17) is 23.2 Å². The molecule has 44 heavy (non-hydrogen) atoms. The van der Waals surface area contributed by atoms with Gasteiger partial charge in [0.25, 0.3) is 0 Å². The number of aromatic amines is 1. The molecule has 2 N–H and O–H groups in total. The summed E-state index contributed by atoms with van der Waals surface area (Å²) in [5, 5.41) is 4.78. The van der Waals surface area contributed by atoms with Crippen LogP contribution in [0.1, 0.15) is 29.2 Å². The molecule has 0 bridgehead atoms. The maximum absolute atomic E-state index is 15.0. The van der Waals surface area contributed by atoms with Crippen LogP contribution in [-0.2, 0) is 16.1 Å². The van der Waals surface area contributed by atoms with E-state index in [1.807, 2.05) is 89.7 Å². The summed E-state index contributed by atoms with van der Waals surface area (Å²) in [4.78, 5) is 51.1. The van der Waals surface area contributed by atoms with Gasteiger partial charge in [-0.3, -0.25) is 9.59 Å². The number of urea groups is 1. The lowest BCUT2D eigenvalue weighted by atomic mass is 9.90. The molecule has 3 heterocycles. The number of amides is 4. The average Bonchev–Trinajstić information content (AvgIpc) is 3.55. The van der Waals surface area contributed by atoms with Crippen molar-refractivity contribution < 1.29 is 14.4 Å². The van der Waals surface area contributed by atoms with E-state index in [0.717, 1.165) is 32.5 Å². The monoisotopic (exact) mass is 649 g/mol. The van der Waals surface area contributed by atoms with Crippen molar-refractivity contribution in [1.29, 1.82) is 0 Å². The summed E-state index contributed by atoms with van der Waals surface area (Å²) in [6.07, 6.45) is 1.93. The number of thioether (sulfide) groups is 1. The smallest absolute Gasteiger partial charge is 0.317 e. The number of hydrogen-bond acceptors (Lipinski definition) is 4. The maximum Gasteiger partial charge on any atom is 0.317 e. The number of aromatic nitrogens is 1. The quantitative estimate of drug-likeness (QED) is 0.258. The number of aryl methyl sites for hydroxylation is 1. The van der Waals surface area contributed by atoms with Crippen molar-refractivity contribution in [3.05, 3.63) is 99.7 Å². The fraction of sp³-hybridized carbons (Fsp3) is 0.303. The van der Waals surface area contributed by atoms with E-state index in [2.05, 4.69) is 10.3 Å². The Morgan fingerprint density at radius 1 is 0.955 bits per heavy atom. The van der Waals surface area contributed by atoms with Gasteiger partial charge in [-0.25, -0.2) is 4.79 Å². The summed E-state index contributed by atoms with van der Waals surface area (Å²) in [7, 11) is 1.60. The zero-order valence-electron chi connectivity index (χ0n) is 24.5. The number of fused-ring (bicyclic) bond motifs is 1. The molecule has 0 radical (unpaired) electrons. The van der Waals surface area contributed by atoms with Crippen LogP contribution < -0.4 is 5.32 Å². The first-order valence-corrected chi connectivity index (χ1v) is 16.1. The molecule has 8 nitrogen and oxygen atoms in total. The van der Waals surface area contributed by atoms with E-state index in [9.17, 15) is 14.4 Å². The number of nitrogens with one attached hydrogen (secondary N) is 2. The van der Waals surface area contributed by atoms with Gasteiger partial charge in [-0.2, -0.15) is 0 Å². The predicted octanol–water partition coefficient (Wildman–Crippen LogP) is 6.27. The third kappa shape index (κ3) is 5.76. The van der Waals surface area contributed by atoms with Crippen LogP contribution in [0.4, 0.5) is 4.79 Å². The minimum Gasteiger partial charge on any atom is -0.361 e. The highest BCUT2D eigenvalue weighted by Gasteiger charge is 2.59. The van der Waals surface area contributed by atoms with Crippen LogP contribution in [0.2, 0.25) is 10.0 Å². The maximum atomic E-state index is 15.0. The van der Waals surface area contributed by atoms with Crippen LogP contribution >= 0.6 is 35.0 Å². The Balaban J connectivity index is 1.48. The molecule has 2 aliphatic heterocycles. The Labute approximate surface area is 270 Å². The molecular weight excluding hydrogens is 617 g/mol. The van der Waals surface area contributed by atoms with Crippen LogP contribution in [-0.4, -0.2) is 75.5 Å². The van der Waals surface area contributed by atoms with E-state index in [1.165, 1.54) is 11.8 Å². The number of nitrogens with zero attached hydrogens (tertiary/aromatic N) is 3. The zero-order valence-corrected chi connectivity index (χ0v) is 26.8. The topological polar surface area (TPSA) is 88.8 Å². The highest BCUT2D eigenvalue weighted by molar-refractivity contribution is 8.01. The Morgan fingerprint density at radius 3 is 2.30 bits per heavy atom. The lowest BCUT2D eigenvalue weighted by Gasteiger charge is -2.42. The van der Waals surface area contributed by atoms with Gasteiger partial charge in [-0.05, 0) is 48.9 Å². The number of halogens is 2. The zero-order chi connectivity index (χ0) is 31.0. The first-order chi connectivity index (χ1) is 21.2. The number of rotatable bonds is 6. The molecule has 0 spiro atoms. The van der Waals surface area contributed by atoms with Gasteiger partial charge in [0, 0.05) is 77.4 Å². The molecule has 2 aliphatic rings. The second-order valence-electron chi connectivity index (χ2n) is 11.3. The highest BCUT2D eigenvalue weighted by Crippen LogP contribution is 2.55. The van der Waals surface area contributed by atoms with Gasteiger partial charge in [0.15, 0.2) is 0 Å². The average molecular weight is 651 g/mol. The van der Waals surface area contributed by atoms with Crippen LogP contribution in [0.25, 0.3) is 10.9 Å². The fourth-order valence-electron chi connectivity index (χ4n) is 6.23. The molecule has 1 aromatic heterocycles. The normalized spacial score (nSPS) is 20.4. The molecule has 0 saturated carbocycles. The van der Waals surface area contributed by atoms with Crippen molar-refractivity contribution in [2.24, 2.45) is 0 Å². The van der Waals surface area contributed by atoms with Crippen LogP contribution in [0.5, 0.6) is 0 Å². The lowest BCUT2D eigenvalue weighted by molar-refractivity contribution is -0.136. The van der Waals surface area contributed by atoms with Crippen molar-refractivity contribution in [3.8, 4) is 0 Å². The van der Waals surface area contributed by atoms with E-state index >= 15 is 0 Å². The molecule has 2 atom stereocenters. The molecule has 228 valence electrons. The van der Waals surface area contributed by atoms with Crippen molar-refractivity contribution in [3.63, 3.8) is 0 Å². The standard InChI is InChI=1S/C33H33Cl2N5O3S/c1-21-3-10-25(11-4-21)44-33(31(42)38-13-15-39(16-14-38)32(43)36-2)18-29(41)40(20-22-5-7-23(34)8-6-22)30(33)27-19-37-28-17-24(35)9-12-26(27)28/h3-12,17,19,30,37H,13-16,18,20H2,1-2H3,(H,36,43)/t30-,33-/m0/s1. The summed E-state index contributed by atoms with van der Waals surface area (Å²) in [5.74, 6) is -0.217. The molecule has 2 fully saturated rings. The van der Waals surface area contributed by atoms with Gasteiger partial charge >= 0.3 is 6.03 Å². The van der Waals surface area contributed by atoms with Crippen molar-refractivity contribution in [2.45, 2.75) is 35.6 Å². The number of benzene rings is 3. The van der Waals surface area contributed by atoms with Gasteiger partial charge in [-0.15, -0.1) is 11.8 Å². The third-order valence-corrected chi connectivity index (χ3v) is 10.4. The largest absolute Gasteiger partial charge is 0.361 e. The molecule has 0 aliphatic carbocycles. The number of carbonyl (C=O) groups is 3. The fourth-order valence-corrected chi connectivity index (χ4v) is 8.00. The van der Waals surface area contributed by atoms with Crippen molar-refractivity contribution >= 4 is 63.7 Å². The molecule has 4 amide bonds. The number of carbonyl (C=O) groups excluding carboxylic acids is 3. The summed E-state index contributed by atoms with van der Waals surface area (Å²) in [5.41, 5.74) is 3.71. The molecule has 11 heteroatoms. The molecule has 3 aromatic carbocycles. The molecule has 4 aromatic rings. The number of piperazine rings is 1. The number of hydrogen-bond donors (Lipinski definition) is 2.